The lowest BCUT2D eigenvalue weighted by Crippen LogP contribution is -2.55. The van der Waals surface area contributed by atoms with E-state index in [4.69, 9.17) is 11.6 Å². The molecule has 6 rings (SSSR count). The van der Waals surface area contributed by atoms with Crippen molar-refractivity contribution in [1.82, 2.24) is 0 Å². The van der Waals surface area contributed by atoms with Crippen LogP contribution in [-0.2, 0) is 5.60 Å². The summed E-state index contributed by atoms with van der Waals surface area (Å²) in [4.78, 5) is 0. The van der Waals surface area contributed by atoms with E-state index in [1.165, 1.54) is 6.42 Å². The van der Waals surface area contributed by atoms with Gasteiger partial charge in [-0.05, 0) is 96.7 Å². The third-order valence-corrected chi connectivity index (χ3v) is 7.37. The first-order valence-electron chi connectivity index (χ1n) is 9.61. The highest BCUT2D eigenvalue weighted by Gasteiger charge is 2.57. The Morgan fingerprint density at radius 3 is 2.12 bits per heavy atom. The maximum atomic E-state index is 12.0. The van der Waals surface area contributed by atoms with E-state index < -0.39 is 5.60 Å². The average molecular weight is 364 g/mol. The number of hydrogen-bond donors (Lipinski definition) is 1. The van der Waals surface area contributed by atoms with Gasteiger partial charge in [-0.3, -0.25) is 0 Å². The average Bonchev–Trinajstić information content (AvgIpc) is 2.65. The summed E-state index contributed by atoms with van der Waals surface area (Å²) < 4.78 is 0. The molecule has 4 aliphatic carbocycles. The van der Waals surface area contributed by atoms with Crippen molar-refractivity contribution in [1.29, 1.82) is 5.26 Å². The molecule has 2 aromatic rings. The molecule has 2 nitrogen and oxygen atoms in total. The molecule has 4 aliphatic rings. The fourth-order valence-corrected chi connectivity index (χ4v) is 6.29. The number of benzene rings is 2. The van der Waals surface area contributed by atoms with Crippen molar-refractivity contribution in [2.45, 2.75) is 37.7 Å². The van der Waals surface area contributed by atoms with E-state index in [9.17, 15) is 10.4 Å². The molecular weight excluding hydrogens is 342 g/mol. The van der Waals surface area contributed by atoms with Gasteiger partial charge in [0.1, 0.15) is 0 Å². The first-order chi connectivity index (χ1) is 12.6. The minimum atomic E-state index is -0.810. The molecule has 0 heterocycles. The summed E-state index contributed by atoms with van der Waals surface area (Å²) in [6, 6.07) is 15.8. The molecule has 132 valence electrons. The second kappa shape index (κ2) is 5.84. The van der Waals surface area contributed by atoms with Crippen molar-refractivity contribution in [3.63, 3.8) is 0 Å². The van der Waals surface area contributed by atoms with Crippen LogP contribution in [0.25, 0.3) is 11.1 Å². The molecule has 1 N–H and O–H groups in total. The highest BCUT2D eigenvalue weighted by molar-refractivity contribution is 6.30. The fourth-order valence-electron chi connectivity index (χ4n) is 6.17. The Kier molecular flexibility index (Phi) is 3.68. The maximum absolute atomic E-state index is 12.0. The molecule has 0 amide bonds. The van der Waals surface area contributed by atoms with Gasteiger partial charge in [-0.1, -0.05) is 29.8 Å². The molecule has 2 aromatic carbocycles. The second-order valence-corrected chi connectivity index (χ2v) is 8.95. The summed E-state index contributed by atoms with van der Waals surface area (Å²) in [7, 11) is 0. The molecule has 4 saturated carbocycles. The number of rotatable bonds is 2. The lowest BCUT2D eigenvalue weighted by Gasteiger charge is -2.59. The quantitative estimate of drug-likeness (QED) is 0.763. The van der Waals surface area contributed by atoms with E-state index in [0.29, 0.717) is 22.4 Å². The summed E-state index contributed by atoms with van der Waals surface area (Å²) in [6.45, 7) is 0. The van der Waals surface area contributed by atoms with Crippen molar-refractivity contribution < 1.29 is 5.11 Å². The molecule has 3 heteroatoms. The molecule has 0 unspecified atom stereocenters. The Labute approximate surface area is 159 Å². The van der Waals surface area contributed by atoms with Crippen LogP contribution in [0.15, 0.2) is 42.5 Å². The van der Waals surface area contributed by atoms with Gasteiger partial charge >= 0.3 is 0 Å². The normalized spacial score (nSPS) is 34.7. The Bertz CT molecular complexity index is 867. The molecule has 0 atom stereocenters. The van der Waals surface area contributed by atoms with E-state index in [2.05, 4.69) is 6.07 Å². The SMILES string of the molecule is N#Cc1ccc(-c2ccc(Cl)cc2)c(C2(O)C3CC4CC(C3)CC2C4)c1. The number of hydrogen-bond acceptors (Lipinski definition) is 2. The topological polar surface area (TPSA) is 44.0 Å². The lowest BCUT2D eigenvalue weighted by molar-refractivity contribution is -0.179. The van der Waals surface area contributed by atoms with Gasteiger partial charge in [-0.25, -0.2) is 0 Å². The second-order valence-electron chi connectivity index (χ2n) is 8.51. The standard InChI is InChI=1S/C23H22ClNO/c24-20-4-2-17(3-5-20)21-6-1-14(13-25)12-22(21)23(26)18-8-15-7-16(10-18)11-19(23)9-15/h1-6,12,15-16,18-19,26H,7-11H2. The molecule has 0 spiro atoms. The largest absolute Gasteiger partial charge is 0.385 e. The molecular formula is C23H22ClNO. The van der Waals surface area contributed by atoms with Crippen LogP contribution in [0.1, 0.15) is 43.2 Å². The first kappa shape index (κ1) is 16.4. The zero-order valence-electron chi connectivity index (χ0n) is 14.7. The Balaban J connectivity index is 1.68. The van der Waals surface area contributed by atoms with Crippen molar-refractivity contribution in [3.05, 3.63) is 58.6 Å². The van der Waals surface area contributed by atoms with Gasteiger partial charge in [-0.15, -0.1) is 0 Å². The molecule has 26 heavy (non-hydrogen) atoms. The van der Waals surface area contributed by atoms with E-state index in [1.54, 1.807) is 0 Å². The van der Waals surface area contributed by atoms with Crippen LogP contribution in [0, 0.1) is 35.0 Å². The lowest BCUT2D eigenvalue weighted by atomic mass is 9.48. The third kappa shape index (κ3) is 2.34. The van der Waals surface area contributed by atoms with Gasteiger partial charge in [-0.2, -0.15) is 5.26 Å². The summed E-state index contributed by atoms with van der Waals surface area (Å²) >= 11 is 6.07. The van der Waals surface area contributed by atoms with E-state index >= 15 is 0 Å². The van der Waals surface area contributed by atoms with Crippen LogP contribution >= 0.6 is 11.6 Å². The number of nitrogens with zero attached hydrogens (tertiary/aromatic N) is 1. The molecule has 0 radical (unpaired) electrons. The van der Waals surface area contributed by atoms with Gasteiger partial charge < -0.3 is 5.11 Å². The van der Waals surface area contributed by atoms with E-state index in [-0.39, 0.29) is 0 Å². The van der Waals surface area contributed by atoms with Crippen LogP contribution in [0.5, 0.6) is 0 Å². The van der Waals surface area contributed by atoms with Crippen LogP contribution in [0.4, 0.5) is 0 Å². The maximum Gasteiger partial charge on any atom is 0.0991 e. The Morgan fingerprint density at radius 2 is 1.54 bits per heavy atom. The van der Waals surface area contributed by atoms with Crippen LogP contribution in [0.2, 0.25) is 5.02 Å². The van der Waals surface area contributed by atoms with Crippen LogP contribution in [-0.4, -0.2) is 5.11 Å². The Morgan fingerprint density at radius 1 is 0.923 bits per heavy atom. The molecule has 4 bridgehead atoms. The smallest absolute Gasteiger partial charge is 0.0991 e. The highest BCUT2D eigenvalue weighted by atomic mass is 35.5. The van der Waals surface area contributed by atoms with Crippen LogP contribution < -0.4 is 0 Å². The molecule has 0 aromatic heterocycles. The van der Waals surface area contributed by atoms with Crippen molar-refractivity contribution in [2.24, 2.45) is 23.7 Å². The van der Waals surface area contributed by atoms with E-state index in [1.807, 2.05) is 42.5 Å². The fraction of sp³-hybridized carbons (Fsp3) is 0.435. The minimum absolute atomic E-state index is 0.318. The number of nitriles is 1. The molecule has 0 aliphatic heterocycles. The van der Waals surface area contributed by atoms with Gasteiger partial charge in [0.2, 0.25) is 0 Å². The van der Waals surface area contributed by atoms with Crippen LogP contribution in [0.3, 0.4) is 0 Å². The zero-order chi connectivity index (χ0) is 17.9. The van der Waals surface area contributed by atoms with E-state index in [0.717, 1.165) is 54.2 Å². The van der Waals surface area contributed by atoms with Gasteiger partial charge in [0.15, 0.2) is 0 Å². The van der Waals surface area contributed by atoms with Crippen molar-refractivity contribution in [2.75, 3.05) is 0 Å². The molecule has 4 fully saturated rings. The predicted molar refractivity (Wildman–Crippen MR) is 103 cm³/mol. The molecule has 0 saturated heterocycles. The summed E-state index contributed by atoms with van der Waals surface area (Å²) in [6.07, 6.45) is 5.85. The monoisotopic (exact) mass is 363 g/mol. The third-order valence-electron chi connectivity index (χ3n) is 7.12. The minimum Gasteiger partial charge on any atom is -0.385 e. The summed E-state index contributed by atoms with van der Waals surface area (Å²) in [5, 5.41) is 22.2. The van der Waals surface area contributed by atoms with Crippen molar-refractivity contribution >= 4 is 11.6 Å². The summed E-state index contributed by atoms with van der Waals surface area (Å²) in [5.41, 5.74) is 2.86. The first-order valence-corrected chi connectivity index (χ1v) is 9.98. The number of aliphatic hydroxyl groups is 1. The zero-order valence-corrected chi connectivity index (χ0v) is 15.4. The summed E-state index contributed by atoms with van der Waals surface area (Å²) in [5.74, 6) is 2.21. The highest BCUT2D eigenvalue weighted by Crippen LogP contribution is 2.62. The Hall–Kier alpha value is -1.82. The number of halogens is 1. The van der Waals surface area contributed by atoms with Gasteiger partial charge in [0.25, 0.3) is 0 Å². The van der Waals surface area contributed by atoms with Crippen molar-refractivity contribution in [3.8, 4) is 17.2 Å². The van der Waals surface area contributed by atoms with Gasteiger partial charge in [0, 0.05) is 5.02 Å². The predicted octanol–water partition coefficient (Wildman–Crippen LogP) is 5.52. The van der Waals surface area contributed by atoms with Gasteiger partial charge in [0.05, 0.1) is 17.2 Å².